The van der Waals surface area contributed by atoms with Crippen LogP contribution in [0.3, 0.4) is 0 Å². The molecule has 6 heteroatoms. The number of thioether (sulfide) groups is 1. The Morgan fingerprint density at radius 2 is 2.32 bits per heavy atom. The van der Waals surface area contributed by atoms with E-state index in [-0.39, 0.29) is 0 Å². The van der Waals surface area contributed by atoms with Crippen LogP contribution < -0.4 is 5.32 Å². The molecule has 1 aliphatic rings. The molecular weight excluding hydrogens is 312 g/mol. The standard InChI is InChI=1S/C16H24N4S2/c1-11-7-14(13-5-6-21-16(13)22-11)17-9-15(19(2)3)12-8-18-20(4)10-12/h5-6,8,10-11,14-15,17H,7,9H2,1-4H3/t11-,14-,15+/m0/s1. The van der Waals surface area contributed by atoms with Crippen molar-refractivity contribution >= 4 is 23.1 Å². The molecule has 0 radical (unpaired) electrons. The number of likely N-dealkylation sites (N-methyl/N-ethyl adjacent to an activating group) is 1. The molecule has 4 nitrogen and oxygen atoms in total. The Morgan fingerprint density at radius 3 is 3.00 bits per heavy atom. The first-order chi connectivity index (χ1) is 10.5. The van der Waals surface area contributed by atoms with Crippen molar-refractivity contribution in [2.45, 2.75) is 34.9 Å². The first kappa shape index (κ1) is 16.1. The van der Waals surface area contributed by atoms with Crippen LogP contribution in [0.4, 0.5) is 0 Å². The number of aromatic nitrogens is 2. The molecule has 0 fully saturated rings. The smallest absolute Gasteiger partial charge is 0.0649 e. The Balaban J connectivity index is 1.71. The van der Waals surface area contributed by atoms with Gasteiger partial charge in [-0.2, -0.15) is 5.10 Å². The van der Waals surface area contributed by atoms with Gasteiger partial charge in [0.15, 0.2) is 0 Å². The van der Waals surface area contributed by atoms with Gasteiger partial charge in [0.25, 0.3) is 0 Å². The number of aryl methyl sites for hydroxylation is 1. The van der Waals surface area contributed by atoms with E-state index < -0.39 is 0 Å². The van der Waals surface area contributed by atoms with Gasteiger partial charge in [0.05, 0.1) is 10.4 Å². The van der Waals surface area contributed by atoms with Gasteiger partial charge in [-0.05, 0) is 37.5 Å². The van der Waals surface area contributed by atoms with E-state index in [1.807, 2.05) is 41.0 Å². The van der Waals surface area contributed by atoms with Crippen molar-refractivity contribution in [3.8, 4) is 0 Å². The highest BCUT2D eigenvalue weighted by molar-refractivity contribution is 8.01. The molecule has 1 aliphatic heterocycles. The number of thiophene rings is 1. The van der Waals surface area contributed by atoms with Gasteiger partial charge in [0, 0.05) is 42.7 Å². The highest BCUT2D eigenvalue weighted by atomic mass is 32.2. The van der Waals surface area contributed by atoms with Gasteiger partial charge in [-0.3, -0.25) is 4.68 Å². The topological polar surface area (TPSA) is 33.1 Å². The second-order valence-corrected chi connectivity index (χ2v) is 8.84. The molecule has 0 aliphatic carbocycles. The molecule has 0 saturated heterocycles. The Morgan fingerprint density at radius 1 is 1.50 bits per heavy atom. The normalized spacial score (nSPS) is 22.8. The lowest BCUT2D eigenvalue weighted by Gasteiger charge is -2.31. The number of hydrogen-bond acceptors (Lipinski definition) is 5. The van der Waals surface area contributed by atoms with E-state index in [0.717, 1.165) is 6.54 Å². The van der Waals surface area contributed by atoms with Gasteiger partial charge in [-0.1, -0.05) is 6.92 Å². The zero-order chi connectivity index (χ0) is 15.7. The fourth-order valence-corrected chi connectivity index (χ4v) is 5.57. The monoisotopic (exact) mass is 336 g/mol. The summed E-state index contributed by atoms with van der Waals surface area (Å²) in [6, 6.07) is 3.10. The SMILES string of the molecule is C[C@H]1C[C@H](NC[C@H](c2cnn(C)c2)N(C)C)c2ccsc2S1. The lowest BCUT2D eigenvalue weighted by Crippen LogP contribution is -2.34. The molecular formula is C16H24N4S2. The van der Waals surface area contributed by atoms with E-state index in [1.165, 1.54) is 21.8 Å². The lowest BCUT2D eigenvalue weighted by atomic mass is 10.0. The summed E-state index contributed by atoms with van der Waals surface area (Å²) in [6.07, 6.45) is 5.28. The van der Waals surface area contributed by atoms with Crippen LogP contribution in [0.5, 0.6) is 0 Å². The summed E-state index contributed by atoms with van der Waals surface area (Å²) in [5, 5.41) is 11.0. The largest absolute Gasteiger partial charge is 0.308 e. The molecule has 22 heavy (non-hydrogen) atoms. The number of fused-ring (bicyclic) bond motifs is 1. The third-order valence-corrected chi connectivity index (χ3v) is 6.54. The summed E-state index contributed by atoms with van der Waals surface area (Å²) < 4.78 is 3.36. The Bertz CT molecular complexity index is 619. The molecule has 3 atom stereocenters. The Labute approximate surface area is 140 Å². The van der Waals surface area contributed by atoms with Gasteiger partial charge in [0.1, 0.15) is 0 Å². The van der Waals surface area contributed by atoms with Gasteiger partial charge in [0.2, 0.25) is 0 Å². The fourth-order valence-electron chi connectivity index (χ4n) is 3.01. The average Bonchev–Trinajstić information content (AvgIpc) is 3.07. The molecule has 3 heterocycles. The second-order valence-electron chi connectivity index (χ2n) is 6.22. The van der Waals surface area contributed by atoms with Crippen LogP contribution in [0.1, 0.15) is 36.6 Å². The summed E-state index contributed by atoms with van der Waals surface area (Å²) in [4.78, 5) is 2.26. The fraction of sp³-hybridized carbons (Fsp3) is 0.562. The van der Waals surface area contributed by atoms with Crippen molar-refractivity contribution in [1.82, 2.24) is 20.0 Å². The van der Waals surface area contributed by atoms with Crippen molar-refractivity contribution in [2.75, 3.05) is 20.6 Å². The maximum absolute atomic E-state index is 4.31. The summed E-state index contributed by atoms with van der Waals surface area (Å²) in [5.41, 5.74) is 2.75. The minimum atomic E-state index is 0.348. The van der Waals surface area contributed by atoms with Crippen LogP contribution in [-0.4, -0.2) is 40.6 Å². The van der Waals surface area contributed by atoms with Crippen LogP contribution >= 0.6 is 23.1 Å². The molecule has 120 valence electrons. The molecule has 0 unspecified atom stereocenters. The molecule has 2 aromatic rings. The van der Waals surface area contributed by atoms with E-state index in [0.29, 0.717) is 17.3 Å². The first-order valence-electron chi connectivity index (χ1n) is 7.67. The third kappa shape index (κ3) is 3.40. The summed E-state index contributed by atoms with van der Waals surface area (Å²) >= 11 is 3.89. The molecule has 0 saturated carbocycles. The van der Waals surface area contributed by atoms with Gasteiger partial charge >= 0.3 is 0 Å². The Hall–Kier alpha value is -0.820. The second kappa shape index (κ2) is 6.74. The number of rotatable bonds is 5. The molecule has 0 bridgehead atoms. The zero-order valence-corrected chi connectivity index (χ0v) is 15.2. The van der Waals surface area contributed by atoms with Gasteiger partial charge < -0.3 is 10.2 Å². The van der Waals surface area contributed by atoms with Crippen molar-refractivity contribution in [3.63, 3.8) is 0 Å². The van der Waals surface area contributed by atoms with E-state index in [9.17, 15) is 0 Å². The molecule has 0 spiro atoms. The summed E-state index contributed by atoms with van der Waals surface area (Å²) in [6.45, 7) is 3.27. The van der Waals surface area contributed by atoms with Crippen LogP contribution in [0.25, 0.3) is 0 Å². The van der Waals surface area contributed by atoms with Gasteiger partial charge in [-0.15, -0.1) is 23.1 Å². The number of nitrogens with one attached hydrogen (secondary N) is 1. The lowest BCUT2D eigenvalue weighted by molar-refractivity contribution is 0.276. The van der Waals surface area contributed by atoms with Crippen LogP contribution in [0.2, 0.25) is 0 Å². The summed E-state index contributed by atoms with van der Waals surface area (Å²) in [5.74, 6) is 0. The molecule has 0 amide bonds. The molecule has 3 rings (SSSR count). The Kier molecular flexibility index (Phi) is 4.92. The zero-order valence-electron chi connectivity index (χ0n) is 13.6. The van der Waals surface area contributed by atoms with Crippen molar-refractivity contribution in [2.24, 2.45) is 7.05 Å². The summed E-state index contributed by atoms with van der Waals surface area (Å²) in [7, 11) is 6.24. The van der Waals surface area contributed by atoms with Crippen molar-refractivity contribution in [3.05, 3.63) is 35.0 Å². The van der Waals surface area contributed by atoms with E-state index in [4.69, 9.17) is 0 Å². The predicted molar refractivity (Wildman–Crippen MR) is 94.6 cm³/mol. The quantitative estimate of drug-likeness (QED) is 0.908. The average molecular weight is 337 g/mol. The predicted octanol–water partition coefficient (Wildman–Crippen LogP) is 3.30. The number of hydrogen-bond donors (Lipinski definition) is 1. The van der Waals surface area contributed by atoms with E-state index in [2.05, 4.69) is 54.0 Å². The van der Waals surface area contributed by atoms with Crippen LogP contribution in [0, 0.1) is 0 Å². The molecule has 0 aromatic carbocycles. The number of nitrogens with zero attached hydrogens (tertiary/aromatic N) is 3. The maximum atomic E-state index is 4.31. The highest BCUT2D eigenvalue weighted by Gasteiger charge is 2.27. The molecule has 2 aromatic heterocycles. The van der Waals surface area contributed by atoms with Crippen LogP contribution in [-0.2, 0) is 7.05 Å². The first-order valence-corrected chi connectivity index (χ1v) is 9.43. The third-order valence-electron chi connectivity index (χ3n) is 4.20. The maximum Gasteiger partial charge on any atom is 0.0649 e. The van der Waals surface area contributed by atoms with Crippen molar-refractivity contribution < 1.29 is 0 Å². The van der Waals surface area contributed by atoms with E-state index in [1.54, 1.807) is 0 Å². The van der Waals surface area contributed by atoms with Crippen LogP contribution in [0.15, 0.2) is 28.0 Å². The van der Waals surface area contributed by atoms with Crippen molar-refractivity contribution in [1.29, 1.82) is 0 Å². The minimum Gasteiger partial charge on any atom is -0.308 e. The minimum absolute atomic E-state index is 0.348. The highest BCUT2D eigenvalue weighted by Crippen LogP contribution is 2.43. The van der Waals surface area contributed by atoms with E-state index >= 15 is 0 Å². The van der Waals surface area contributed by atoms with Gasteiger partial charge in [-0.25, -0.2) is 0 Å². The molecule has 1 N–H and O–H groups in total.